The highest BCUT2D eigenvalue weighted by molar-refractivity contribution is 7.91. The first-order chi connectivity index (χ1) is 11.9. The number of urea groups is 1. The summed E-state index contributed by atoms with van der Waals surface area (Å²) in [6, 6.07) is 2.27. The molecule has 2 aliphatic heterocycles. The van der Waals surface area contributed by atoms with Crippen molar-refractivity contribution in [3.8, 4) is 0 Å². The molecule has 1 fully saturated rings. The Morgan fingerprint density at radius 3 is 2.58 bits per heavy atom. The van der Waals surface area contributed by atoms with E-state index in [2.05, 4.69) is 5.32 Å². The highest BCUT2D eigenvalue weighted by atomic mass is 32.2. The van der Waals surface area contributed by atoms with Crippen molar-refractivity contribution < 1.29 is 27.2 Å². The molecule has 1 aromatic rings. The van der Waals surface area contributed by atoms with Crippen LogP contribution in [0.15, 0.2) is 23.1 Å². The van der Waals surface area contributed by atoms with Crippen LogP contribution in [0.1, 0.15) is 32.8 Å². The van der Waals surface area contributed by atoms with Crippen molar-refractivity contribution in [2.75, 3.05) is 12.3 Å². The lowest BCUT2D eigenvalue weighted by atomic mass is 9.86. The van der Waals surface area contributed by atoms with Crippen LogP contribution in [0.4, 0.5) is 9.18 Å². The van der Waals surface area contributed by atoms with Crippen LogP contribution in [0.3, 0.4) is 0 Å². The van der Waals surface area contributed by atoms with Crippen molar-refractivity contribution in [3.63, 3.8) is 0 Å². The lowest BCUT2D eigenvalue weighted by Crippen LogP contribution is -2.49. The van der Waals surface area contributed by atoms with E-state index in [1.807, 2.05) is 0 Å². The highest BCUT2D eigenvalue weighted by Crippen LogP contribution is 2.41. The molecule has 1 atom stereocenters. The molecule has 0 aliphatic carbocycles. The number of nitrogens with zero attached hydrogens (tertiary/aromatic N) is 1. The SMILES string of the molecule is CC(C)(C)C(=O)CN1C(=O)N[C@]2(CCS(=O)(=O)c3ccc(F)cc32)C1=O. The third-order valence-corrected chi connectivity index (χ3v) is 6.56. The van der Waals surface area contributed by atoms with E-state index in [9.17, 15) is 27.2 Å². The monoisotopic (exact) mass is 382 g/mol. The number of hydrogen-bond donors (Lipinski definition) is 1. The molecule has 2 aliphatic rings. The maximum Gasteiger partial charge on any atom is 0.325 e. The summed E-state index contributed by atoms with van der Waals surface area (Å²) < 4.78 is 38.4. The smallest absolute Gasteiger partial charge is 0.319 e. The molecule has 3 rings (SSSR count). The van der Waals surface area contributed by atoms with E-state index in [0.29, 0.717) is 0 Å². The summed E-state index contributed by atoms with van der Waals surface area (Å²) in [5, 5.41) is 2.50. The summed E-state index contributed by atoms with van der Waals surface area (Å²) in [5.74, 6) is -2.13. The van der Waals surface area contributed by atoms with Crippen LogP contribution >= 0.6 is 0 Å². The van der Waals surface area contributed by atoms with Gasteiger partial charge < -0.3 is 5.32 Å². The number of nitrogens with one attached hydrogen (secondary N) is 1. The van der Waals surface area contributed by atoms with Crippen LogP contribution in [0.5, 0.6) is 0 Å². The largest absolute Gasteiger partial charge is 0.325 e. The normalized spacial score (nSPS) is 24.5. The number of rotatable bonds is 2. The van der Waals surface area contributed by atoms with Crippen molar-refractivity contribution in [2.24, 2.45) is 5.41 Å². The minimum Gasteiger partial charge on any atom is -0.319 e. The van der Waals surface area contributed by atoms with E-state index >= 15 is 0 Å². The second kappa shape index (κ2) is 5.60. The summed E-state index contributed by atoms with van der Waals surface area (Å²) in [4.78, 5) is 38.2. The van der Waals surface area contributed by atoms with Crippen LogP contribution in [0, 0.1) is 11.2 Å². The lowest BCUT2D eigenvalue weighted by molar-refractivity contribution is -0.137. The number of hydrogen-bond acceptors (Lipinski definition) is 5. The number of imide groups is 1. The number of benzene rings is 1. The Morgan fingerprint density at radius 1 is 1.31 bits per heavy atom. The van der Waals surface area contributed by atoms with Crippen LogP contribution in [0.25, 0.3) is 0 Å². The maximum atomic E-state index is 13.8. The minimum absolute atomic E-state index is 0.0900. The van der Waals surface area contributed by atoms with Crippen molar-refractivity contribution in [1.29, 1.82) is 0 Å². The number of fused-ring (bicyclic) bond motifs is 2. The van der Waals surface area contributed by atoms with E-state index < -0.39 is 45.1 Å². The van der Waals surface area contributed by atoms with Gasteiger partial charge in [-0.1, -0.05) is 20.8 Å². The molecule has 3 amide bonds. The predicted molar refractivity (Wildman–Crippen MR) is 89.5 cm³/mol. The number of ketones is 1. The first kappa shape index (κ1) is 18.5. The van der Waals surface area contributed by atoms with Gasteiger partial charge in [-0.3, -0.25) is 14.5 Å². The summed E-state index contributed by atoms with van der Waals surface area (Å²) in [5.41, 5.74) is -2.51. The number of amides is 3. The maximum absolute atomic E-state index is 13.8. The van der Waals surface area contributed by atoms with Crippen LogP contribution < -0.4 is 5.32 Å². The third kappa shape index (κ3) is 2.70. The minimum atomic E-state index is -3.68. The predicted octanol–water partition coefficient (Wildman–Crippen LogP) is 1.37. The van der Waals surface area contributed by atoms with Gasteiger partial charge in [0.2, 0.25) is 0 Å². The molecular weight excluding hydrogens is 363 g/mol. The number of carbonyl (C=O) groups excluding carboxylic acids is 3. The number of halogens is 1. The summed E-state index contributed by atoms with van der Waals surface area (Å²) in [6.45, 7) is 4.58. The molecule has 2 heterocycles. The average molecular weight is 382 g/mol. The Kier molecular flexibility index (Phi) is 3.99. The van der Waals surface area contributed by atoms with Gasteiger partial charge in [0.05, 0.1) is 17.2 Å². The quantitative estimate of drug-likeness (QED) is 0.615. The van der Waals surface area contributed by atoms with E-state index in [0.717, 1.165) is 23.1 Å². The van der Waals surface area contributed by atoms with Crippen molar-refractivity contribution in [3.05, 3.63) is 29.6 Å². The first-order valence-electron chi connectivity index (χ1n) is 8.09. The number of carbonyl (C=O) groups is 3. The van der Waals surface area contributed by atoms with Crippen molar-refractivity contribution in [1.82, 2.24) is 10.2 Å². The Labute approximate surface area is 150 Å². The van der Waals surface area contributed by atoms with Crippen LogP contribution in [-0.4, -0.2) is 43.3 Å². The Balaban J connectivity index is 2.07. The Hall–Kier alpha value is -2.29. The van der Waals surface area contributed by atoms with Crippen molar-refractivity contribution >= 4 is 27.6 Å². The van der Waals surface area contributed by atoms with Gasteiger partial charge in [0.25, 0.3) is 5.91 Å². The molecule has 140 valence electrons. The third-order valence-electron chi connectivity index (χ3n) is 4.80. The zero-order valence-corrected chi connectivity index (χ0v) is 15.4. The Morgan fingerprint density at radius 2 is 1.96 bits per heavy atom. The molecule has 26 heavy (non-hydrogen) atoms. The molecule has 0 radical (unpaired) electrons. The van der Waals surface area contributed by atoms with Gasteiger partial charge in [0, 0.05) is 11.0 Å². The molecule has 0 aromatic heterocycles. The van der Waals surface area contributed by atoms with E-state index in [1.54, 1.807) is 20.8 Å². The standard InChI is InChI=1S/C17H19FN2O5S/c1-16(2,3)13(21)9-20-14(22)17(19-15(20)23)6-7-26(24,25)12-5-4-10(18)8-11(12)17/h4-5,8H,6-7,9H2,1-3H3,(H,19,23)/t17-/m0/s1. The molecular formula is C17H19FN2O5S. The summed E-state index contributed by atoms with van der Waals surface area (Å²) >= 11 is 0. The summed E-state index contributed by atoms with van der Waals surface area (Å²) in [7, 11) is -3.68. The zero-order chi connectivity index (χ0) is 19.5. The van der Waals surface area contributed by atoms with E-state index in [-0.39, 0.29) is 28.4 Å². The zero-order valence-electron chi connectivity index (χ0n) is 14.6. The van der Waals surface area contributed by atoms with Crippen LogP contribution in [0.2, 0.25) is 0 Å². The highest BCUT2D eigenvalue weighted by Gasteiger charge is 2.57. The number of Topliss-reactive ketones (excluding diaryl/α,β-unsaturated/α-hetero) is 1. The van der Waals surface area contributed by atoms with Gasteiger partial charge in [-0.05, 0) is 24.6 Å². The van der Waals surface area contributed by atoms with Gasteiger partial charge >= 0.3 is 6.03 Å². The van der Waals surface area contributed by atoms with E-state index in [1.165, 1.54) is 0 Å². The summed E-state index contributed by atoms with van der Waals surface area (Å²) in [6.07, 6.45) is -0.212. The van der Waals surface area contributed by atoms with E-state index in [4.69, 9.17) is 0 Å². The lowest BCUT2D eigenvalue weighted by Gasteiger charge is -2.33. The van der Waals surface area contributed by atoms with Gasteiger partial charge in [0.15, 0.2) is 15.6 Å². The molecule has 0 bridgehead atoms. The fourth-order valence-corrected chi connectivity index (χ4v) is 4.78. The topological polar surface area (TPSA) is 101 Å². The molecule has 1 aromatic carbocycles. The fraction of sp³-hybridized carbons (Fsp3) is 0.471. The molecule has 9 heteroatoms. The molecule has 1 saturated heterocycles. The van der Waals surface area contributed by atoms with Crippen molar-refractivity contribution in [2.45, 2.75) is 37.6 Å². The van der Waals surface area contributed by atoms with Gasteiger partial charge in [-0.25, -0.2) is 17.6 Å². The first-order valence-corrected chi connectivity index (χ1v) is 9.74. The molecule has 1 spiro atoms. The second-order valence-electron chi connectivity index (χ2n) is 7.61. The second-order valence-corrected chi connectivity index (χ2v) is 9.69. The Bertz CT molecular complexity index is 935. The van der Waals surface area contributed by atoms with Crippen LogP contribution in [-0.2, 0) is 25.0 Å². The number of sulfone groups is 1. The molecule has 7 nitrogen and oxygen atoms in total. The van der Waals surface area contributed by atoms with Gasteiger partial charge in [-0.2, -0.15) is 0 Å². The molecule has 1 N–H and O–H groups in total. The van der Waals surface area contributed by atoms with Gasteiger partial charge in [-0.15, -0.1) is 0 Å². The average Bonchev–Trinajstić information content (AvgIpc) is 2.76. The molecule has 0 unspecified atom stereocenters. The fourth-order valence-electron chi connectivity index (χ4n) is 3.14. The molecule has 0 saturated carbocycles. The van der Waals surface area contributed by atoms with Gasteiger partial charge in [0.1, 0.15) is 11.4 Å².